The van der Waals surface area contributed by atoms with Gasteiger partial charge in [0.1, 0.15) is 6.33 Å². The smallest absolute Gasteiger partial charge is 0.246 e. The van der Waals surface area contributed by atoms with E-state index in [2.05, 4.69) is 37.3 Å². The molecule has 2 aliphatic rings. The highest BCUT2D eigenvalue weighted by molar-refractivity contribution is 5.62. The molecule has 0 unspecified atom stereocenters. The van der Waals surface area contributed by atoms with E-state index < -0.39 is 11.6 Å². The Bertz CT molecular complexity index is 1030. The van der Waals surface area contributed by atoms with Crippen LogP contribution in [-0.4, -0.2) is 65.1 Å². The molecule has 2 aliphatic heterocycles. The van der Waals surface area contributed by atoms with Crippen LogP contribution in [0.4, 0.5) is 26.1 Å². The maximum Gasteiger partial charge on any atom is 0.246 e. The Kier molecular flexibility index (Phi) is 5.06. The second kappa shape index (κ2) is 8.00. The van der Waals surface area contributed by atoms with E-state index in [-0.39, 0.29) is 0 Å². The van der Waals surface area contributed by atoms with Crippen LogP contribution >= 0.6 is 0 Å². The minimum atomic E-state index is -0.921. The van der Waals surface area contributed by atoms with Crippen LogP contribution in [0.3, 0.4) is 0 Å². The maximum atomic E-state index is 13.5. The molecule has 0 spiro atoms. The maximum absolute atomic E-state index is 13.5. The molecule has 0 amide bonds. The normalized spacial score (nSPS) is 17.7. The molecule has 9 heteroatoms. The summed E-state index contributed by atoms with van der Waals surface area (Å²) in [6.45, 7) is 5.72. The number of nitrogens with zero attached hydrogens (tertiary/aromatic N) is 5. The van der Waals surface area contributed by atoms with Crippen molar-refractivity contribution in [3.8, 4) is 5.69 Å². The Morgan fingerprint density at radius 2 is 1.77 bits per heavy atom. The van der Waals surface area contributed by atoms with Gasteiger partial charge in [-0.25, -0.2) is 13.5 Å². The average molecular weight is 412 g/mol. The van der Waals surface area contributed by atoms with Crippen molar-refractivity contribution in [1.29, 1.82) is 0 Å². The summed E-state index contributed by atoms with van der Waals surface area (Å²) in [7, 11) is 0. The number of halogens is 2. The van der Waals surface area contributed by atoms with Crippen molar-refractivity contribution in [2.75, 3.05) is 49.6 Å². The lowest BCUT2D eigenvalue weighted by molar-refractivity contribution is -0.0660. The predicted molar refractivity (Wildman–Crippen MR) is 109 cm³/mol. The first kappa shape index (κ1) is 19.0. The third-order valence-electron chi connectivity index (χ3n) is 5.58. The first-order valence-electron chi connectivity index (χ1n) is 9.97. The van der Waals surface area contributed by atoms with E-state index in [9.17, 15) is 8.78 Å². The molecular formula is C21H22F2N6O. The van der Waals surface area contributed by atoms with E-state index >= 15 is 0 Å². The van der Waals surface area contributed by atoms with E-state index in [0.717, 1.165) is 62.9 Å². The van der Waals surface area contributed by atoms with Crippen molar-refractivity contribution in [3.63, 3.8) is 0 Å². The van der Waals surface area contributed by atoms with Gasteiger partial charge in [0.05, 0.1) is 24.9 Å². The second-order valence-electron chi connectivity index (χ2n) is 7.50. The van der Waals surface area contributed by atoms with Gasteiger partial charge in [-0.15, -0.1) is 5.10 Å². The number of benzene rings is 2. The van der Waals surface area contributed by atoms with Crippen molar-refractivity contribution < 1.29 is 13.5 Å². The molecule has 0 bridgehead atoms. The van der Waals surface area contributed by atoms with Crippen LogP contribution < -0.4 is 10.2 Å². The van der Waals surface area contributed by atoms with Gasteiger partial charge in [-0.2, -0.15) is 4.98 Å². The number of hydrogen-bond donors (Lipinski definition) is 1. The molecule has 0 atom stereocenters. The summed E-state index contributed by atoms with van der Waals surface area (Å²) in [5.74, 6) is -1.43. The highest BCUT2D eigenvalue weighted by Gasteiger charge is 2.28. The van der Waals surface area contributed by atoms with Crippen LogP contribution in [0.1, 0.15) is 0 Å². The van der Waals surface area contributed by atoms with E-state index in [4.69, 9.17) is 4.74 Å². The van der Waals surface area contributed by atoms with Gasteiger partial charge in [-0.05, 0) is 30.3 Å². The third-order valence-corrected chi connectivity index (χ3v) is 5.58. The molecule has 3 aromatic rings. The zero-order valence-electron chi connectivity index (χ0n) is 16.3. The van der Waals surface area contributed by atoms with Crippen molar-refractivity contribution >= 4 is 17.3 Å². The molecule has 0 saturated carbocycles. The SMILES string of the molecule is Fc1ccc(-n2cnc(Nc3cccc(N4CCN(C5COC5)CC4)c3)n2)cc1F. The molecule has 5 rings (SSSR count). The summed E-state index contributed by atoms with van der Waals surface area (Å²) in [6, 6.07) is 12.3. The summed E-state index contributed by atoms with van der Waals surface area (Å²) < 4.78 is 33.3. The fourth-order valence-electron chi connectivity index (χ4n) is 3.76. The van der Waals surface area contributed by atoms with Crippen LogP contribution in [0.5, 0.6) is 0 Å². The number of hydrogen-bond acceptors (Lipinski definition) is 6. The largest absolute Gasteiger partial charge is 0.378 e. The Hall–Kier alpha value is -3.04. The number of ether oxygens (including phenoxy) is 1. The molecule has 2 saturated heterocycles. The number of piperazine rings is 1. The van der Waals surface area contributed by atoms with Gasteiger partial charge in [0.25, 0.3) is 0 Å². The van der Waals surface area contributed by atoms with E-state index in [1.165, 1.54) is 17.1 Å². The molecule has 7 nitrogen and oxygen atoms in total. The molecule has 1 aromatic heterocycles. The zero-order valence-corrected chi connectivity index (χ0v) is 16.3. The molecule has 3 heterocycles. The molecule has 2 fully saturated rings. The van der Waals surface area contributed by atoms with Gasteiger partial charge in [0, 0.05) is 43.6 Å². The molecule has 0 radical (unpaired) electrons. The molecule has 2 aromatic carbocycles. The Morgan fingerprint density at radius 3 is 2.50 bits per heavy atom. The average Bonchev–Trinajstić information content (AvgIpc) is 3.18. The quantitative estimate of drug-likeness (QED) is 0.696. The van der Waals surface area contributed by atoms with E-state index in [1.807, 2.05) is 12.1 Å². The monoisotopic (exact) mass is 412 g/mol. The van der Waals surface area contributed by atoms with Gasteiger partial charge in [0.15, 0.2) is 11.6 Å². The van der Waals surface area contributed by atoms with Gasteiger partial charge < -0.3 is 15.0 Å². The van der Waals surface area contributed by atoms with Crippen molar-refractivity contribution in [1.82, 2.24) is 19.7 Å². The number of rotatable bonds is 5. The summed E-state index contributed by atoms with van der Waals surface area (Å²) >= 11 is 0. The first-order chi connectivity index (χ1) is 14.7. The van der Waals surface area contributed by atoms with Crippen LogP contribution in [-0.2, 0) is 4.74 Å². The zero-order chi connectivity index (χ0) is 20.5. The molecule has 1 N–H and O–H groups in total. The topological polar surface area (TPSA) is 58.5 Å². The second-order valence-corrected chi connectivity index (χ2v) is 7.50. The van der Waals surface area contributed by atoms with Crippen molar-refractivity contribution in [2.24, 2.45) is 0 Å². The minimum absolute atomic E-state index is 0.381. The van der Waals surface area contributed by atoms with Gasteiger partial charge in [-0.1, -0.05) is 6.07 Å². The lowest BCUT2D eigenvalue weighted by Crippen LogP contribution is -2.56. The fourth-order valence-corrected chi connectivity index (χ4v) is 3.76. The highest BCUT2D eigenvalue weighted by atomic mass is 19.2. The van der Waals surface area contributed by atoms with Crippen LogP contribution in [0, 0.1) is 11.6 Å². The van der Waals surface area contributed by atoms with E-state index in [1.54, 1.807) is 0 Å². The summed E-state index contributed by atoms with van der Waals surface area (Å²) in [5.41, 5.74) is 2.41. The predicted octanol–water partition coefficient (Wildman–Crippen LogP) is 2.81. The highest BCUT2D eigenvalue weighted by Crippen LogP contribution is 2.24. The minimum Gasteiger partial charge on any atom is -0.378 e. The first-order valence-corrected chi connectivity index (χ1v) is 9.97. The van der Waals surface area contributed by atoms with Gasteiger partial charge >= 0.3 is 0 Å². The lowest BCUT2D eigenvalue weighted by Gasteiger charge is -2.43. The molecule has 30 heavy (non-hydrogen) atoms. The summed E-state index contributed by atoms with van der Waals surface area (Å²) in [5, 5.41) is 7.49. The standard InChI is InChI=1S/C21H22F2N6O/c22-19-5-4-17(11-20(19)23)29-14-24-21(26-29)25-15-2-1-3-16(10-15)27-6-8-28(9-7-27)18-12-30-13-18/h1-5,10-11,14,18H,6-9,12-13H2,(H,25,26). The third kappa shape index (κ3) is 3.86. The number of aromatic nitrogens is 3. The van der Waals surface area contributed by atoms with Crippen LogP contribution in [0.25, 0.3) is 5.69 Å². The summed E-state index contributed by atoms with van der Waals surface area (Å²) in [6.07, 6.45) is 1.46. The van der Waals surface area contributed by atoms with Crippen LogP contribution in [0.15, 0.2) is 48.8 Å². The van der Waals surface area contributed by atoms with Crippen molar-refractivity contribution in [2.45, 2.75) is 6.04 Å². The Balaban J connectivity index is 1.25. The van der Waals surface area contributed by atoms with Crippen molar-refractivity contribution in [3.05, 3.63) is 60.4 Å². The van der Waals surface area contributed by atoms with Crippen LogP contribution in [0.2, 0.25) is 0 Å². The summed E-state index contributed by atoms with van der Waals surface area (Å²) in [4.78, 5) is 9.09. The van der Waals surface area contributed by atoms with E-state index in [0.29, 0.717) is 17.7 Å². The molecule has 156 valence electrons. The fraction of sp³-hybridized carbons (Fsp3) is 0.333. The Morgan fingerprint density at radius 1 is 0.933 bits per heavy atom. The molecular weight excluding hydrogens is 390 g/mol. The van der Waals surface area contributed by atoms with Gasteiger partial charge in [0.2, 0.25) is 5.95 Å². The molecule has 0 aliphatic carbocycles. The van der Waals surface area contributed by atoms with Gasteiger partial charge in [-0.3, -0.25) is 4.90 Å². The number of nitrogens with one attached hydrogen (secondary N) is 1. The number of anilines is 3. The lowest BCUT2D eigenvalue weighted by atomic mass is 10.1. The Labute approximate surface area is 172 Å².